The molecule has 1 saturated heterocycles. The van der Waals surface area contributed by atoms with Crippen molar-refractivity contribution in [3.63, 3.8) is 0 Å². The molecule has 1 aliphatic heterocycles. The van der Waals surface area contributed by atoms with E-state index < -0.39 is 17.3 Å². The molecule has 0 aliphatic carbocycles. The average molecular weight is 319 g/mol. The van der Waals surface area contributed by atoms with E-state index in [9.17, 15) is 14.7 Å². The maximum Gasteiger partial charge on any atom is 0.308 e. The molecule has 1 fully saturated rings. The highest BCUT2D eigenvalue weighted by Crippen LogP contribution is 2.26. The van der Waals surface area contributed by atoms with Gasteiger partial charge in [-0.15, -0.1) is 0 Å². The summed E-state index contributed by atoms with van der Waals surface area (Å²) in [4.78, 5) is 24.1. The van der Waals surface area contributed by atoms with Crippen LogP contribution in [0.15, 0.2) is 30.3 Å². The molecule has 1 heterocycles. The highest BCUT2D eigenvalue weighted by molar-refractivity contribution is 5.87. The van der Waals surface area contributed by atoms with Crippen LogP contribution < -0.4 is 5.32 Å². The van der Waals surface area contributed by atoms with Crippen molar-refractivity contribution < 1.29 is 19.4 Å². The number of amides is 1. The molecule has 1 aliphatic rings. The van der Waals surface area contributed by atoms with Crippen LogP contribution in [0.25, 0.3) is 0 Å². The Kier molecular flexibility index (Phi) is 5.77. The molecule has 0 radical (unpaired) electrons. The fourth-order valence-corrected chi connectivity index (χ4v) is 2.98. The van der Waals surface area contributed by atoms with Crippen LogP contribution in [0.2, 0.25) is 0 Å². The molecule has 2 N–H and O–H groups in total. The maximum absolute atomic E-state index is 12.5. The van der Waals surface area contributed by atoms with Gasteiger partial charge in [-0.1, -0.05) is 30.3 Å². The molecule has 5 heteroatoms. The standard InChI is InChI=1S/C18H25NO4/c1-18(2,14-6-4-3-5-7-14)17(22)19-12-15(16(20)21)13-8-10-23-11-9-13/h3-7,13,15H,8-12H2,1-2H3,(H,19,22)(H,20,21). The maximum atomic E-state index is 12.5. The third-order valence-corrected chi connectivity index (χ3v) is 4.70. The number of benzene rings is 1. The van der Waals surface area contributed by atoms with Crippen LogP contribution in [0.1, 0.15) is 32.3 Å². The molecule has 0 spiro atoms. The molecule has 0 aromatic heterocycles. The molecule has 2 rings (SSSR count). The van der Waals surface area contributed by atoms with Crippen molar-refractivity contribution in [3.05, 3.63) is 35.9 Å². The fraction of sp³-hybridized carbons (Fsp3) is 0.556. The summed E-state index contributed by atoms with van der Waals surface area (Å²) >= 11 is 0. The van der Waals surface area contributed by atoms with Gasteiger partial charge in [0.2, 0.25) is 5.91 Å². The van der Waals surface area contributed by atoms with Gasteiger partial charge in [-0.2, -0.15) is 0 Å². The van der Waals surface area contributed by atoms with E-state index in [-0.39, 0.29) is 18.4 Å². The van der Waals surface area contributed by atoms with Crippen molar-refractivity contribution in [1.82, 2.24) is 5.32 Å². The number of rotatable bonds is 6. The first-order chi connectivity index (χ1) is 10.9. The normalized spacial score (nSPS) is 17.5. The van der Waals surface area contributed by atoms with E-state index in [1.807, 2.05) is 44.2 Å². The molecular formula is C18H25NO4. The second kappa shape index (κ2) is 7.59. The number of ether oxygens (including phenoxy) is 1. The van der Waals surface area contributed by atoms with Gasteiger partial charge in [0.1, 0.15) is 0 Å². The van der Waals surface area contributed by atoms with Gasteiger partial charge in [0.25, 0.3) is 0 Å². The van der Waals surface area contributed by atoms with Crippen LogP contribution in [0, 0.1) is 11.8 Å². The lowest BCUT2D eigenvalue weighted by atomic mass is 9.82. The van der Waals surface area contributed by atoms with E-state index in [2.05, 4.69) is 5.32 Å². The molecule has 23 heavy (non-hydrogen) atoms. The zero-order chi connectivity index (χ0) is 16.9. The molecule has 5 nitrogen and oxygen atoms in total. The lowest BCUT2D eigenvalue weighted by Gasteiger charge is -2.29. The van der Waals surface area contributed by atoms with E-state index in [4.69, 9.17) is 4.74 Å². The topological polar surface area (TPSA) is 75.6 Å². The third-order valence-electron chi connectivity index (χ3n) is 4.70. The monoisotopic (exact) mass is 319 g/mol. The third kappa shape index (κ3) is 4.32. The van der Waals surface area contributed by atoms with E-state index in [1.165, 1.54) is 0 Å². The van der Waals surface area contributed by atoms with Gasteiger partial charge in [0, 0.05) is 19.8 Å². The van der Waals surface area contributed by atoms with Gasteiger partial charge < -0.3 is 15.2 Å². The second-order valence-electron chi connectivity index (χ2n) is 6.60. The van der Waals surface area contributed by atoms with E-state index in [1.54, 1.807) is 0 Å². The highest BCUT2D eigenvalue weighted by Gasteiger charge is 2.33. The Balaban J connectivity index is 1.99. The number of carboxylic acid groups (broad SMARTS) is 1. The van der Waals surface area contributed by atoms with Gasteiger partial charge in [-0.05, 0) is 38.2 Å². The van der Waals surface area contributed by atoms with Gasteiger partial charge in [-0.3, -0.25) is 9.59 Å². The summed E-state index contributed by atoms with van der Waals surface area (Å²) in [7, 11) is 0. The molecule has 1 amide bonds. The first-order valence-corrected chi connectivity index (χ1v) is 8.07. The zero-order valence-corrected chi connectivity index (χ0v) is 13.7. The zero-order valence-electron chi connectivity index (χ0n) is 13.7. The van der Waals surface area contributed by atoms with Crippen molar-refractivity contribution in [3.8, 4) is 0 Å². The molecular weight excluding hydrogens is 294 g/mol. The van der Waals surface area contributed by atoms with Crippen molar-refractivity contribution in [1.29, 1.82) is 0 Å². The minimum atomic E-state index is -0.852. The molecule has 1 atom stereocenters. The lowest BCUT2D eigenvalue weighted by Crippen LogP contribution is -2.45. The number of aliphatic carboxylic acids is 1. The molecule has 0 saturated carbocycles. The summed E-state index contributed by atoms with van der Waals surface area (Å²) < 4.78 is 5.29. The Hall–Kier alpha value is -1.88. The summed E-state index contributed by atoms with van der Waals surface area (Å²) in [5.74, 6) is -1.51. The van der Waals surface area contributed by atoms with E-state index >= 15 is 0 Å². The predicted octanol–water partition coefficient (Wildman–Crippen LogP) is 2.21. The number of hydrogen-bond acceptors (Lipinski definition) is 3. The van der Waals surface area contributed by atoms with Crippen LogP contribution in [-0.4, -0.2) is 36.7 Å². The van der Waals surface area contributed by atoms with E-state index in [0.717, 1.165) is 18.4 Å². The summed E-state index contributed by atoms with van der Waals surface area (Å²) in [5.41, 5.74) is 0.218. The minimum Gasteiger partial charge on any atom is -0.481 e. The summed E-state index contributed by atoms with van der Waals surface area (Å²) in [6, 6.07) is 9.52. The molecule has 1 aromatic carbocycles. The predicted molar refractivity (Wildman–Crippen MR) is 87.1 cm³/mol. The van der Waals surface area contributed by atoms with Crippen LogP contribution in [-0.2, 0) is 19.7 Å². The number of carboxylic acids is 1. The second-order valence-corrected chi connectivity index (χ2v) is 6.60. The van der Waals surface area contributed by atoms with E-state index in [0.29, 0.717) is 13.2 Å². The highest BCUT2D eigenvalue weighted by atomic mass is 16.5. The van der Waals surface area contributed by atoms with Crippen molar-refractivity contribution in [2.24, 2.45) is 11.8 Å². The molecule has 126 valence electrons. The summed E-state index contributed by atoms with van der Waals surface area (Å²) in [6.07, 6.45) is 1.46. The Morgan fingerprint density at radius 2 is 1.87 bits per heavy atom. The van der Waals surface area contributed by atoms with Crippen LogP contribution >= 0.6 is 0 Å². The SMILES string of the molecule is CC(C)(C(=O)NCC(C(=O)O)C1CCOCC1)c1ccccc1. The summed E-state index contributed by atoms with van der Waals surface area (Å²) in [6.45, 7) is 5.05. The quantitative estimate of drug-likeness (QED) is 0.843. The Labute approximate surface area is 137 Å². The van der Waals surface area contributed by atoms with Crippen molar-refractivity contribution in [2.45, 2.75) is 32.1 Å². The Morgan fingerprint density at radius 1 is 1.26 bits per heavy atom. The lowest BCUT2D eigenvalue weighted by molar-refractivity contribution is -0.145. The average Bonchev–Trinajstić information content (AvgIpc) is 2.56. The largest absolute Gasteiger partial charge is 0.481 e. The molecule has 1 aromatic rings. The number of nitrogens with one attached hydrogen (secondary N) is 1. The van der Waals surface area contributed by atoms with Crippen LogP contribution in [0.5, 0.6) is 0 Å². The first kappa shape index (κ1) is 17.5. The smallest absolute Gasteiger partial charge is 0.308 e. The molecule has 1 unspecified atom stereocenters. The minimum absolute atomic E-state index is 0.0568. The Bertz CT molecular complexity index is 535. The fourth-order valence-electron chi connectivity index (χ4n) is 2.98. The van der Waals surface area contributed by atoms with Crippen LogP contribution in [0.4, 0.5) is 0 Å². The van der Waals surface area contributed by atoms with Gasteiger partial charge in [0.05, 0.1) is 11.3 Å². The summed E-state index contributed by atoms with van der Waals surface area (Å²) in [5, 5.41) is 12.3. The van der Waals surface area contributed by atoms with Gasteiger partial charge in [-0.25, -0.2) is 0 Å². The Morgan fingerprint density at radius 3 is 2.43 bits per heavy atom. The number of carbonyl (C=O) groups excluding carboxylic acids is 1. The van der Waals surface area contributed by atoms with Crippen molar-refractivity contribution >= 4 is 11.9 Å². The van der Waals surface area contributed by atoms with Gasteiger partial charge >= 0.3 is 5.97 Å². The molecule has 0 bridgehead atoms. The van der Waals surface area contributed by atoms with Crippen LogP contribution in [0.3, 0.4) is 0 Å². The number of carbonyl (C=O) groups is 2. The number of hydrogen-bond donors (Lipinski definition) is 2. The first-order valence-electron chi connectivity index (χ1n) is 8.07. The van der Waals surface area contributed by atoms with Gasteiger partial charge in [0.15, 0.2) is 0 Å². The van der Waals surface area contributed by atoms with Crippen molar-refractivity contribution in [2.75, 3.05) is 19.8 Å².